The highest BCUT2D eigenvalue weighted by Crippen LogP contribution is 2.40. The van der Waals surface area contributed by atoms with Crippen LogP contribution in [0.15, 0.2) is 12.1 Å². The fourth-order valence-corrected chi connectivity index (χ4v) is 5.59. The normalized spacial score (nSPS) is 26.2. The van der Waals surface area contributed by atoms with Crippen molar-refractivity contribution in [1.82, 2.24) is 10.2 Å². The van der Waals surface area contributed by atoms with E-state index in [0.717, 1.165) is 38.3 Å². The molecule has 2 aliphatic carbocycles. The first kappa shape index (κ1) is 24.3. The number of amides is 2. The zero-order valence-corrected chi connectivity index (χ0v) is 21.1. The van der Waals surface area contributed by atoms with Gasteiger partial charge in [0.25, 0.3) is 5.91 Å². The minimum absolute atomic E-state index is 0.0289. The first-order chi connectivity index (χ1) is 15.7. The van der Waals surface area contributed by atoms with Crippen LogP contribution < -0.4 is 15.4 Å². The Bertz CT molecular complexity index is 886. The molecule has 1 saturated heterocycles. The largest absolute Gasteiger partial charge is 0.496 e. The summed E-state index contributed by atoms with van der Waals surface area (Å²) in [6.07, 6.45) is 7.87. The summed E-state index contributed by atoms with van der Waals surface area (Å²) in [5.41, 5.74) is 1.28. The van der Waals surface area contributed by atoms with Crippen LogP contribution in [0.2, 0.25) is 5.02 Å². The third-order valence-electron chi connectivity index (χ3n) is 7.73. The topological polar surface area (TPSA) is 70.7 Å². The lowest BCUT2D eigenvalue weighted by Crippen LogP contribution is -2.42. The number of carbonyl (C=O) groups excluding carboxylic acids is 2. The third kappa shape index (κ3) is 5.83. The number of anilines is 1. The van der Waals surface area contributed by atoms with Gasteiger partial charge in [-0.25, -0.2) is 0 Å². The molecule has 1 aromatic carbocycles. The summed E-state index contributed by atoms with van der Waals surface area (Å²) in [5, 5.41) is 6.38. The van der Waals surface area contributed by atoms with Crippen molar-refractivity contribution in [2.45, 2.75) is 77.8 Å². The summed E-state index contributed by atoms with van der Waals surface area (Å²) in [5.74, 6) is 1.08. The number of hydrogen-bond acceptors (Lipinski definition) is 4. The minimum Gasteiger partial charge on any atom is -0.496 e. The van der Waals surface area contributed by atoms with Crippen molar-refractivity contribution >= 4 is 29.1 Å². The van der Waals surface area contributed by atoms with Crippen molar-refractivity contribution in [2.75, 3.05) is 25.5 Å². The molecule has 2 saturated carbocycles. The molecule has 3 aliphatic rings. The standard InChI is InChI=1S/C26H38ClN3O3/c1-26(2,3)17-7-9-19(10-8-17)30-12-11-18(15-30)28-25(32)20-13-21(27)22(14-23(20)33-4)29-24(31)16-5-6-16/h13-14,16-19H,5-12,15H2,1-4H3,(H,28,32)(H,29,31)/t17?,18-,19?/m0/s1. The van der Waals surface area contributed by atoms with Gasteiger partial charge in [-0.05, 0) is 62.3 Å². The number of carbonyl (C=O) groups is 2. The van der Waals surface area contributed by atoms with E-state index in [9.17, 15) is 9.59 Å². The number of hydrogen-bond donors (Lipinski definition) is 2. The van der Waals surface area contributed by atoms with Gasteiger partial charge in [0.05, 0.1) is 23.4 Å². The quantitative estimate of drug-likeness (QED) is 0.600. The van der Waals surface area contributed by atoms with E-state index >= 15 is 0 Å². The lowest BCUT2D eigenvalue weighted by atomic mass is 9.71. The van der Waals surface area contributed by atoms with Crippen molar-refractivity contribution < 1.29 is 14.3 Å². The monoisotopic (exact) mass is 475 g/mol. The summed E-state index contributed by atoms with van der Waals surface area (Å²) >= 11 is 6.40. The second-order valence-corrected chi connectivity index (χ2v) is 11.5. The number of benzene rings is 1. The second-order valence-electron chi connectivity index (χ2n) is 11.1. The molecule has 33 heavy (non-hydrogen) atoms. The minimum atomic E-state index is -0.183. The van der Waals surface area contributed by atoms with E-state index < -0.39 is 0 Å². The molecule has 182 valence electrons. The highest BCUT2D eigenvalue weighted by molar-refractivity contribution is 6.34. The lowest BCUT2D eigenvalue weighted by molar-refractivity contribution is -0.117. The Morgan fingerprint density at radius 1 is 1.06 bits per heavy atom. The fourth-order valence-electron chi connectivity index (χ4n) is 5.38. The van der Waals surface area contributed by atoms with Crippen LogP contribution in [0, 0.1) is 17.3 Å². The van der Waals surface area contributed by atoms with Crippen molar-refractivity contribution in [1.29, 1.82) is 0 Å². The van der Waals surface area contributed by atoms with E-state index in [1.54, 1.807) is 12.1 Å². The summed E-state index contributed by atoms with van der Waals surface area (Å²) in [6.45, 7) is 8.98. The molecular weight excluding hydrogens is 438 g/mol. The van der Waals surface area contributed by atoms with Crippen LogP contribution in [0.5, 0.6) is 5.75 Å². The molecule has 2 amide bonds. The SMILES string of the molecule is COc1cc(NC(=O)C2CC2)c(Cl)cc1C(=O)N[C@H]1CCN(C2CCC(C(C)(C)C)CC2)C1. The number of rotatable bonds is 6. The molecule has 0 aromatic heterocycles. The molecule has 0 unspecified atom stereocenters. The molecule has 1 atom stereocenters. The van der Waals surface area contributed by atoms with E-state index in [4.69, 9.17) is 16.3 Å². The molecule has 0 spiro atoms. The molecule has 1 heterocycles. The highest BCUT2D eigenvalue weighted by atomic mass is 35.5. The van der Waals surface area contributed by atoms with E-state index in [-0.39, 0.29) is 23.8 Å². The fraction of sp³-hybridized carbons (Fsp3) is 0.692. The summed E-state index contributed by atoms with van der Waals surface area (Å²) in [6, 6.07) is 3.99. The highest BCUT2D eigenvalue weighted by Gasteiger charge is 2.35. The maximum absolute atomic E-state index is 13.1. The maximum Gasteiger partial charge on any atom is 0.255 e. The van der Waals surface area contributed by atoms with Crippen molar-refractivity contribution in [3.05, 3.63) is 22.7 Å². The number of likely N-dealkylation sites (tertiary alicyclic amines) is 1. The van der Waals surface area contributed by atoms with Crippen molar-refractivity contribution in [3.8, 4) is 5.75 Å². The molecule has 1 aromatic rings. The van der Waals surface area contributed by atoms with Gasteiger partial charge in [-0.1, -0.05) is 32.4 Å². The molecule has 2 N–H and O–H groups in total. The predicted octanol–water partition coefficient (Wildman–Crippen LogP) is 5.11. The van der Waals surface area contributed by atoms with Gasteiger partial charge in [-0.2, -0.15) is 0 Å². The van der Waals surface area contributed by atoms with Gasteiger partial charge in [-0.15, -0.1) is 0 Å². The molecule has 1 aliphatic heterocycles. The van der Waals surface area contributed by atoms with E-state index in [1.807, 2.05) is 0 Å². The molecule has 0 bridgehead atoms. The molecule has 4 rings (SSSR count). The van der Waals surface area contributed by atoms with Crippen LogP contribution in [-0.2, 0) is 4.79 Å². The Kier molecular flexibility index (Phi) is 7.25. The Morgan fingerprint density at radius 2 is 1.76 bits per heavy atom. The zero-order chi connectivity index (χ0) is 23.8. The Morgan fingerprint density at radius 3 is 2.36 bits per heavy atom. The molecule has 3 fully saturated rings. The summed E-state index contributed by atoms with van der Waals surface area (Å²) in [7, 11) is 1.53. The average molecular weight is 476 g/mol. The Labute approximate surface area is 202 Å². The smallest absolute Gasteiger partial charge is 0.255 e. The van der Waals surface area contributed by atoms with Gasteiger partial charge in [0.15, 0.2) is 0 Å². The molecular formula is C26H38ClN3O3. The van der Waals surface area contributed by atoms with Gasteiger partial charge in [-0.3, -0.25) is 14.5 Å². The van der Waals surface area contributed by atoms with Gasteiger partial charge < -0.3 is 15.4 Å². The van der Waals surface area contributed by atoms with Crippen LogP contribution in [0.4, 0.5) is 5.69 Å². The predicted molar refractivity (Wildman–Crippen MR) is 132 cm³/mol. The van der Waals surface area contributed by atoms with Crippen molar-refractivity contribution in [2.24, 2.45) is 17.3 Å². The third-order valence-corrected chi connectivity index (χ3v) is 8.05. The van der Waals surface area contributed by atoms with E-state index in [1.165, 1.54) is 32.8 Å². The van der Waals surface area contributed by atoms with Crippen LogP contribution in [0.1, 0.15) is 76.1 Å². The van der Waals surface area contributed by atoms with Crippen molar-refractivity contribution in [3.63, 3.8) is 0 Å². The van der Waals surface area contributed by atoms with Gasteiger partial charge >= 0.3 is 0 Å². The second kappa shape index (κ2) is 9.83. The van der Waals surface area contributed by atoms with Gasteiger partial charge in [0, 0.05) is 37.2 Å². The maximum atomic E-state index is 13.1. The van der Waals surface area contributed by atoms with Gasteiger partial charge in [0.1, 0.15) is 5.75 Å². The molecule has 6 nitrogen and oxygen atoms in total. The van der Waals surface area contributed by atoms with Crippen LogP contribution in [0.3, 0.4) is 0 Å². The number of ether oxygens (including phenoxy) is 1. The van der Waals surface area contributed by atoms with Gasteiger partial charge in [0.2, 0.25) is 5.91 Å². The number of methoxy groups -OCH3 is 1. The van der Waals surface area contributed by atoms with E-state index in [2.05, 4.69) is 36.3 Å². The van der Waals surface area contributed by atoms with Crippen LogP contribution in [0.25, 0.3) is 0 Å². The summed E-state index contributed by atoms with van der Waals surface area (Å²) < 4.78 is 5.46. The van der Waals surface area contributed by atoms with E-state index in [0.29, 0.717) is 33.5 Å². The van der Waals surface area contributed by atoms with Crippen LogP contribution >= 0.6 is 11.6 Å². The average Bonchev–Trinajstić information content (AvgIpc) is 3.53. The first-order valence-corrected chi connectivity index (χ1v) is 12.8. The first-order valence-electron chi connectivity index (χ1n) is 12.4. The van der Waals surface area contributed by atoms with Crippen LogP contribution in [-0.4, -0.2) is 49.0 Å². The number of nitrogens with one attached hydrogen (secondary N) is 2. The summed E-state index contributed by atoms with van der Waals surface area (Å²) in [4.78, 5) is 27.7. The zero-order valence-electron chi connectivity index (χ0n) is 20.4. The lowest BCUT2D eigenvalue weighted by Gasteiger charge is -2.40. The Balaban J connectivity index is 1.34. The number of halogens is 1. The number of nitrogens with zero attached hydrogens (tertiary/aromatic N) is 1. The molecule has 7 heteroatoms. The Hall–Kier alpha value is -1.79. The molecule has 0 radical (unpaired) electrons.